The lowest BCUT2D eigenvalue weighted by atomic mass is 10.1. The number of carbonyl (C=O) groups excluding carboxylic acids is 1. The zero-order chi connectivity index (χ0) is 13.9. The summed E-state index contributed by atoms with van der Waals surface area (Å²) < 4.78 is 0.669. The van der Waals surface area contributed by atoms with Gasteiger partial charge in [-0.05, 0) is 25.1 Å². The molecule has 0 spiro atoms. The van der Waals surface area contributed by atoms with Gasteiger partial charge in [0.2, 0.25) is 0 Å². The monoisotopic (exact) mass is 335 g/mol. The molecule has 0 bridgehead atoms. The van der Waals surface area contributed by atoms with E-state index < -0.39 is 24.0 Å². The molecule has 1 amide bonds. The lowest BCUT2D eigenvalue weighted by Gasteiger charge is -2.18. The summed E-state index contributed by atoms with van der Waals surface area (Å²) in [5, 5.41) is 20.7. The molecule has 0 fully saturated rings. The number of rotatable bonds is 4. The van der Waals surface area contributed by atoms with Crippen LogP contribution in [0.5, 0.6) is 0 Å². The first-order valence-corrected chi connectivity index (χ1v) is 6.10. The predicted octanol–water partition coefficient (Wildman–Crippen LogP) is 1.67. The molecule has 7 heteroatoms. The van der Waals surface area contributed by atoms with E-state index in [4.69, 9.17) is 16.7 Å². The first-order valence-electron chi connectivity index (χ1n) is 4.93. The lowest BCUT2D eigenvalue weighted by molar-refractivity contribution is -0.155. The van der Waals surface area contributed by atoms with Crippen LogP contribution in [0.15, 0.2) is 22.7 Å². The Morgan fingerprint density at radius 3 is 2.67 bits per heavy atom. The number of halogens is 2. The van der Waals surface area contributed by atoms with Crippen LogP contribution < -0.4 is 5.32 Å². The van der Waals surface area contributed by atoms with Crippen LogP contribution in [0, 0.1) is 0 Å². The Hall–Kier alpha value is -1.11. The van der Waals surface area contributed by atoms with Gasteiger partial charge < -0.3 is 15.5 Å². The van der Waals surface area contributed by atoms with Crippen molar-refractivity contribution in [2.24, 2.45) is 0 Å². The van der Waals surface area contributed by atoms with Gasteiger partial charge in [-0.3, -0.25) is 4.79 Å². The maximum absolute atomic E-state index is 11.8. The molecule has 1 aromatic carbocycles. The van der Waals surface area contributed by atoms with Crippen LogP contribution in [-0.2, 0) is 4.79 Å². The summed E-state index contributed by atoms with van der Waals surface area (Å²) in [4.78, 5) is 22.4. The molecular weight excluding hydrogens is 325 g/mol. The van der Waals surface area contributed by atoms with Crippen LogP contribution in [0.4, 0.5) is 0 Å². The van der Waals surface area contributed by atoms with E-state index >= 15 is 0 Å². The zero-order valence-electron chi connectivity index (χ0n) is 9.41. The molecule has 1 aromatic rings. The average molecular weight is 337 g/mol. The van der Waals surface area contributed by atoms with Crippen molar-refractivity contribution < 1.29 is 19.8 Å². The van der Waals surface area contributed by atoms with Gasteiger partial charge in [0.1, 0.15) is 0 Å². The van der Waals surface area contributed by atoms with Gasteiger partial charge in [-0.2, -0.15) is 0 Å². The van der Waals surface area contributed by atoms with E-state index in [1.54, 1.807) is 6.07 Å². The van der Waals surface area contributed by atoms with Crippen molar-refractivity contribution in [3.63, 3.8) is 0 Å². The van der Waals surface area contributed by atoms with Gasteiger partial charge in [-0.1, -0.05) is 27.5 Å². The Morgan fingerprint density at radius 2 is 2.11 bits per heavy atom. The normalized spacial score (nSPS) is 13.8. The maximum Gasteiger partial charge on any atom is 0.337 e. The van der Waals surface area contributed by atoms with Gasteiger partial charge in [0.15, 0.2) is 5.60 Å². The van der Waals surface area contributed by atoms with Crippen LogP contribution >= 0.6 is 27.5 Å². The molecule has 18 heavy (non-hydrogen) atoms. The number of amides is 1. The van der Waals surface area contributed by atoms with Gasteiger partial charge >= 0.3 is 5.97 Å². The Kier molecular flexibility index (Phi) is 4.72. The van der Waals surface area contributed by atoms with Crippen LogP contribution in [-0.4, -0.2) is 34.2 Å². The van der Waals surface area contributed by atoms with Crippen molar-refractivity contribution in [3.8, 4) is 0 Å². The summed E-state index contributed by atoms with van der Waals surface area (Å²) in [6, 6.07) is 4.72. The first-order chi connectivity index (χ1) is 8.24. The van der Waals surface area contributed by atoms with Gasteiger partial charge in [-0.25, -0.2) is 4.79 Å². The van der Waals surface area contributed by atoms with E-state index in [0.29, 0.717) is 4.47 Å². The molecule has 0 aliphatic heterocycles. The number of nitrogens with one attached hydrogen (secondary N) is 1. The third kappa shape index (κ3) is 3.69. The highest BCUT2D eigenvalue weighted by molar-refractivity contribution is 9.10. The molecule has 98 valence electrons. The highest BCUT2D eigenvalue weighted by Gasteiger charge is 2.30. The van der Waals surface area contributed by atoms with Gasteiger partial charge in [-0.15, -0.1) is 0 Å². The van der Waals surface area contributed by atoms with E-state index in [2.05, 4.69) is 21.2 Å². The average Bonchev–Trinajstić information content (AvgIpc) is 2.29. The minimum atomic E-state index is -2.02. The number of hydrogen-bond acceptors (Lipinski definition) is 3. The topological polar surface area (TPSA) is 86.6 Å². The highest BCUT2D eigenvalue weighted by atomic mass is 79.9. The second-order valence-electron chi connectivity index (χ2n) is 3.89. The van der Waals surface area contributed by atoms with Gasteiger partial charge in [0.25, 0.3) is 5.91 Å². The minimum absolute atomic E-state index is 0.201. The summed E-state index contributed by atoms with van der Waals surface area (Å²) in [5.41, 5.74) is -1.82. The lowest BCUT2D eigenvalue weighted by Crippen LogP contribution is -2.46. The van der Waals surface area contributed by atoms with Gasteiger partial charge in [0, 0.05) is 4.47 Å². The van der Waals surface area contributed by atoms with Gasteiger partial charge in [0.05, 0.1) is 17.1 Å². The Labute approximate surface area is 117 Å². The summed E-state index contributed by atoms with van der Waals surface area (Å²) in [5.74, 6) is -1.97. The summed E-state index contributed by atoms with van der Waals surface area (Å²) in [7, 11) is 0. The van der Waals surface area contributed by atoms with Crippen molar-refractivity contribution in [1.29, 1.82) is 0 Å². The fourth-order valence-corrected chi connectivity index (χ4v) is 1.66. The molecule has 0 aliphatic carbocycles. The molecule has 3 N–H and O–H groups in total. The summed E-state index contributed by atoms with van der Waals surface area (Å²) >= 11 is 9.04. The fraction of sp³-hybridized carbons (Fsp3) is 0.273. The second-order valence-corrected chi connectivity index (χ2v) is 5.21. The predicted molar refractivity (Wildman–Crippen MR) is 69.7 cm³/mol. The van der Waals surface area contributed by atoms with Crippen LogP contribution in [0.3, 0.4) is 0 Å². The Balaban J connectivity index is 2.78. The molecule has 0 aliphatic rings. The van der Waals surface area contributed by atoms with E-state index in [1.165, 1.54) is 12.1 Å². The molecule has 1 rings (SSSR count). The number of aliphatic hydroxyl groups is 1. The molecule has 5 nitrogen and oxygen atoms in total. The number of carboxylic acid groups (broad SMARTS) is 1. The van der Waals surface area contributed by atoms with E-state index in [0.717, 1.165) is 6.92 Å². The summed E-state index contributed by atoms with van der Waals surface area (Å²) in [6.07, 6.45) is 0. The van der Waals surface area contributed by atoms with E-state index in [-0.39, 0.29) is 10.6 Å². The highest BCUT2D eigenvalue weighted by Crippen LogP contribution is 2.20. The second kappa shape index (κ2) is 5.69. The summed E-state index contributed by atoms with van der Waals surface area (Å²) in [6.45, 7) is 0.683. The molecule has 0 radical (unpaired) electrons. The minimum Gasteiger partial charge on any atom is -0.479 e. The Bertz CT molecular complexity index is 490. The smallest absolute Gasteiger partial charge is 0.337 e. The zero-order valence-corrected chi connectivity index (χ0v) is 11.7. The van der Waals surface area contributed by atoms with Crippen LogP contribution in [0.25, 0.3) is 0 Å². The molecule has 1 unspecified atom stereocenters. The number of carbonyl (C=O) groups is 2. The quantitative estimate of drug-likeness (QED) is 0.780. The molecule has 0 aromatic heterocycles. The molecule has 0 heterocycles. The largest absolute Gasteiger partial charge is 0.479 e. The van der Waals surface area contributed by atoms with Crippen molar-refractivity contribution in [2.45, 2.75) is 12.5 Å². The molecule has 1 atom stereocenters. The van der Waals surface area contributed by atoms with Crippen molar-refractivity contribution in [3.05, 3.63) is 33.3 Å². The molecular formula is C11H11BrClNO4. The number of aliphatic carboxylic acids is 1. The SMILES string of the molecule is CC(O)(CNC(=O)c1cc(Br)ccc1Cl)C(=O)O. The van der Waals surface area contributed by atoms with Crippen molar-refractivity contribution in [1.82, 2.24) is 5.32 Å². The standard InChI is InChI=1S/C11H11BrClNO4/c1-11(18,10(16)17)5-14-9(15)7-4-6(12)2-3-8(7)13/h2-4,18H,5H2,1H3,(H,14,15)(H,16,17). The Morgan fingerprint density at radius 1 is 1.50 bits per heavy atom. The molecule has 0 saturated carbocycles. The third-order valence-electron chi connectivity index (χ3n) is 2.23. The van der Waals surface area contributed by atoms with Crippen LogP contribution in [0.2, 0.25) is 5.02 Å². The van der Waals surface area contributed by atoms with Crippen molar-refractivity contribution in [2.75, 3.05) is 6.54 Å². The fourth-order valence-electron chi connectivity index (χ4n) is 1.09. The van der Waals surface area contributed by atoms with E-state index in [9.17, 15) is 14.7 Å². The van der Waals surface area contributed by atoms with E-state index in [1.807, 2.05) is 0 Å². The number of hydrogen-bond donors (Lipinski definition) is 3. The maximum atomic E-state index is 11.8. The van der Waals surface area contributed by atoms with Crippen molar-refractivity contribution >= 4 is 39.4 Å². The third-order valence-corrected chi connectivity index (χ3v) is 3.05. The van der Waals surface area contributed by atoms with Crippen LogP contribution in [0.1, 0.15) is 17.3 Å². The number of carboxylic acids is 1. The number of benzene rings is 1. The first kappa shape index (κ1) is 14.9. The molecule has 0 saturated heterocycles.